The van der Waals surface area contributed by atoms with Crippen molar-refractivity contribution in [1.82, 2.24) is 4.98 Å². The lowest BCUT2D eigenvalue weighted by atomic mass is 10.2. The Kier molecular flexibility index (Phi) is 3.22. The fourth-order valence-electron chi connectivity index (χ4n) is 1.17. The fraction of sp³-hybridized carbons (Fsp3) is 0.333. The standard InChI is InChI=1S/C9H7F3N2O2/c1-5-4-7(15)8(16-9(10,11)12)6(14-5)2-3-13/h4H,2H2,1H3,(H,14,15). The second-order valence-electron chi connectivity index (χ2n) is 3.01. The molecule has 0 spiro atoms. The maximum Gasteiger partial charge on any atom is 0.573 e. The molecular weight excluding hydrogens is 225 g/mol. The molecule has 86 valence electrons. The number of aromatic nitrogens is 1. The minimum atomic E-state index is -4.95. The highest BCUT2D eigenvalue weighted by atomic mass is 19.4. The summed E-state index contributed by atoms with van der Waals surface area (Å²) < 4.78 is 39.5. The summed E-state index contributed by atoms with van der Waals surface area (Å²) in [6.07, 6.45) is -5.31. The number of H-pyrrole nitrogens is 1. The molecule has 0 radical (unpaired) electrons. The van der Waals surface area contributed by atoms with Gasteiger partial charge < -0.3 is 9.72 Å². The molecule has 1 aromatic heterocycles. The molecule has 0 saturated carbocycles. The number of pyridine rings is 1. The van der Waals surface area contributed by atoms with E-state index in [0.29, 0.717) is 5.69 Å². The molecule has 0 bridgehead atoms. The van der Waals surface area contributed by atoms with Gasteiger partial charge in [-0.05, 0) is 6.92 Å². The summed E-state index contributed by atoms with van der Waals surface area (Å²) in [4.78, 5) is 13.8. The predicted molar refractivity (Wildman–Crippen MR) is 47.8 cm³/mol. The van der Waals surface area contributed by atoms with Crippen molar-refractivity contribution in [2.75, 3.05) is 0 Å². The molecule has 0 atom stereocenters. The minimum absolute atomic E-state index is 0.176. The zero-order valence-corrected chi connectivity index (χ0v) is 8.18. The van der Waals surface area contributed by atoms with E-state index >= 15 is 0 Å². The number of aromatic amines is 1. The van der Waals surface area contributed by atoms with Crippen LogP contribution in [0.4, 0.5) is 13.2 Å². The molecular formula is C9H7F3N2O2. The second kappa shape index (κ2) is 4.26. The lowest BCUT2D eigenvalue weighted by Crippen LogP contribution is -2.23. The Morgan fingerprint density at radius 1 is 1.56 bits per heavy atom. The predicted octanol–water partition coefficient (Wildman–Crippen LogP) is 1.65. The number of halogens is 3. The number of hydrogen-bond acceptors (Lipinski definition) is 3. The lowest BCUT2D eigenvalue weighted by Gasteiger charge is -2.11. The molecule has 0 amide bonds. The first-order valence-corrected chi connectivity index (χ1v) is 4.19. The fourth-order valence-corrected chi connectivity index (χ4v) is 1.17. The Labute approximate surface area is 88.3 Å². The molecule has 1 aromatic rings. The van der Waals surface area contributed by atoms with Crippen molar-refractivity contribution >= 4 is 0 Å². The molecule has 1 N–H and O–H groups in total. The Hall–Kier alpha value is -1.97. The van der Waals surface area contributed by atoms with Crippen molar-refractivity contribution < 1.29 is 17.9 Å². The van der Waals surface area contributed by atoms with Crippen molar-refractivity contribution in [3.8, 4) is 11.8 Å². The lowest BCUT2D eigenvalue weighted by molar-refractivity contribution is -0.275. The van der Waals surface area contributed by atoms with Crippen LogP contribution in [0.25, 0.3) is 0 Å². The third-order valence-corrected chi connectivity index (χ3v) is 1.67. The normalized spacial score (nSPS) is 10.9. The van der Waals surface area contributed by atoms with Crippen LogP contribution in [0.15, 0.2) is 10.9 Å². The van der Waals surface area contributed by atoms with Gasteiger partial charge in [0, 0.05) is 11.8 Å². The first kappa shape index (κ1) is 12.1. The molecule has 0 aromatic carbocycles. The van der Waals surface area contributed by atoms with Gasteiger partial charge in [-0.3, -0.25) is 4.79 Å². The van der Waals surface area contributed by atoms with Crippen molar-refractivity contribution in [2.45, 2.75) is 19.7 Å². The smallest absolute Gasteiger partial charge is 0.400 e. The summed E-state index contributed by atoms with van der Waals surface area (Å²) in [6.45, 7) is 1.50. The molecule has 1 heterocycles. The average Bonchev–Trinajstić information content (AvgIpc) is 2.10. The van der Waals surface area contributed by atoms with Crippen LogP contribution in [-0.2, 0) is 6.42 Å². The van der Waals surface area contributed by atoms with Crippen LogP contribution in [0.2, 0.25) is 0 Å². The first-order valence-electron chi connectivity index (χ1n) is 4.19. The zero-order chi connectivity index (χ0) is 12.3. The summed E-state index contributed by atoms with van der Waals surface area (Å²) in [7, 11) is 0. The first-order chi connectivity index (χ1) is 7.33. The molecule has 0 saturated heterocycles. The van der Waals surface area contributed by atoms with E-state index < -0.39 is 17.5 Å². The van der Waals surface area contributed by atoms with Gasteiger partial charge in [0.15, 0.2) is 5.75 Å². The van der Waals surface area contributed by atoms with Crippen LogP contribution < -0.4 is 10.2 Å². The van der Waals surface area contributed by atoms with Gasteiger partial charge in [0.05, 0.1) is 18.2 Å². The summed E-state index contributed by atoms with van der Waals surface area (Å²) in [5, 5.41) is 8.42. The van der Waals surface area contributed by atoms with E-state index in [0.717, 1.165) is 6.07 Å². The number of ether oxygens (including phenoxy) is 1. The van der Waals surface area contributed by atoms with Crippen LogP contribution in [-0.4, -0.2) is 11.3 Å². The quantitative estimate of drug-likeness (QED) is 0.842. The highest BCUT2D eigenvalue weighted by molar-refractivity contribution is 5.31. The van der Waals surface area contributed by atoms with Crippen LogP contribution >= 0.6 is 0 Å². The number of nitriles is 1. The maximum absolute atomic E-state index is 12.0. The summed E-state index contributed by atoms with van der Waals surface area (Å²) in [6, 6.07) is 2.62. The Morgan fingerprint density at radius 3 is 2.69 bits per heavy atom. The monoisotopic (exact) mass is 232 g/mol. The largest absolute Gasteiger partial charge is 0.573 e. The van der Waals surface area contributed by atoms with E-state index in [9.17, 15) is 18.0 Å². The molecule has 1 rings (SSSR count). The highest BCUT2D eigenvalue weighted by Crippen LogP contribution is 2.22. The Balaban J connectivity index is 3.26. The number of nitrogens with one attached hydrogen (secondary N) is 1. The summed E-state index contributed by atoms with van der Waals surface area (Å²) in [5.41, 5.74) is -0.714. The zero-order valence-electron chi connectivity index (χ0n) is 8.18. The molecule has 0 aliphatic heterocycles. The van der Waals surface area contributed by atoms with Crippen LogP contribution in [0.5, 0.6) is 5.75 Å². The second-order valence-corrected chi connectivity index (χ2v) is 3.01. The van der Waals surface area contributed by atoms with E-state index in [1.807, 2.05) is 0 Å². The van der Waals surface area contributed by atoms with Gasteiger partial charge in [-0.1, -0.05) is 0 Å². The van der Waals surface area contributed by atoms with Gasteiger partial charge >= 0.3 is 6.36 Å². The van der Waals surface area contributed by atoms with Gasteiger partial charge in [-0.15, -0.1) is 13.2 Å². The van der Waals surface area contributed by atoms with Crippen molar-refractivity contribution in [2.24, 2.45) is 0 Å². The number of aryl methyl sites for hydroxylation is 1. The number of hydrogen-bond donors (Lipinski definition) is 1. The van der Waals surface area contributed by atoms with Gasteiger partial charge in [0.2, 0.25) is 5.43 Å². The summed E-state index contributed by atoms with van der Waals surface area (Å²) in [5.74, 6) is -0.875. The molecule has 16 heavy (non-hydrogen) atoms. The molecule has 0 aliphatic rings. The Bertz CT molecular complexity index is 485. The van der Waals surface area contributed by atoms with Gasteiger partial charge in [-0.25, -0.2) is 0 Å². The molecule has 4 nitrogen and oxygen atoms in total. The minimum Gasteiger partial charge on any atom is -0.400 e. The van der Waals surface area contributed by atoms with Crippen LogP contribution in [0.3, 0.4) is 0 Å². The molecule has 0 aliphatic carbocycles. The van der Waals surface area contributed by atoms with Crippen molar-refractivity contribution in [1.29, 1.82) is 5.26 Å². The van der Waals surface area contributed by atoms with E-state index in [1.165, 1.54) is 6.92 Å². The number of nitrogens with zero attached hydrogens (tertiary/aromatic N) is 1. The SMILES string of the molecule is Cc1cc(=O)c(OC(F)(F)F)c(CC#N)[nH]1. The number of rotatable bonds is 2. The van der Waals surface area contributed by atoms with E-state index in [1.54, 1.807) is 6.07 Å². The number of alkyl halides is 3. The van der Waals surface area contributed by atoms with E-state index in [4.69, 9.17) is 5.26 Å². The third kappa shape index (κ3) is 3.02. The van der Waals surface area contributed by atoms with E-state index in [-0.39, 0.29) is 12.1 Å². The molecule has 0 fully saturated rings. The maximum atomic E-state index is 12.0. The van der Waals surface area contributed by atoms with Gasteiger partial charge in [-0.2, -0.15) is 5.26 Å². The molecule has 7 heteroatoms. The molecule has 0 unspecified atom stereocenters. The van der Waals surface area contributed by atoms with Crippen LogP contribution in [0.1, 0.15) is 11.4 Å². The Morgan fingerprint density at radius 2 is 2.19 bits per heavy atom. The van der Waals surface area contributed by atoms with Crippen molar-refractivity contribution in [3.05, 3.63) is 27.7 Å². The average molecular weight is 232 g/mol. The summed E-state index contributed by atoms with van der Waals surface area (Å²) >= 11 is 0. The van der Waals surface area contributed by atoms with Gasteiger partial charge in [0.1, 0.15) is 0 Å². The van der Waals surface area contributed by atoms with Gasteiger partial charge in [0.25, 0.3) is 0 Å². The van der Waals surface area contributed by atoms with Crippen LogP contribution in [0, 0.1) is 18.3 Å². The third-order valence-electron chi connectivity index (χ3n) is 1.67. The topological polar surface area (TPSA) is 65.9 Å². The van der Waals surface area contributed by atoms with E-state index in [2.05, 4.69) is 9.72 Å². The highest BCUT2D eigenvalue weighted by Gasteiger charge is 2.33. The van der Waals surface area contributed by atoms with Crippen molar-refractivity contribution in [3.63, 3.8) is 0 Å².